The van der Waals surface area contributed by atoms with Gasteiger partial charge < -0.3 is 15.3 Å². The van der Waals surface area contributed by atoms with Gasteiger partial charge >= 0.3 is 5.97 Å². The first-order valence-corrected chi connectivity index (χ1v) is 7.63. The van der Waals surface area contributed by atoms with E-state index >= 15 is 0 Å². The first kappa shape index (κ1) is 15.0. The molecular weight excluding hydrogens is 276 g/mol. The maximum atomic E-state index is 11.9. The number of carbonyl (C=O) groups is 2. The summed E-state index contributed by atoms with van der Waals surface area (Å²) >= 11 is 1.43. The van der Waals surface area contributed by atoms with Crippen molar-refractivity contribution >= 4 is 28.2 Å². The molecule has 0 aromatic carbocycles. The van der Waals surface area contributed by atoms with Crippen molar-refractivity contribution in [2.45, 2.75) is 32.1 Å². The number of anilines is 1. The summed E-state index contributed by atoms with van der Waals surface area (Å²) in [6.45, 7) is 0.652. The third-order valence-electron chi connectivity index (χ3n) is 3.42. The summed E-state index contributed by atoms with van der Waals surface area (Å²) in [5.41, 5.74) is 1.24. The molecule has 1 heterocycles. The maximum absolute atomic E-state index is 11.9. The predicted octanol–water partition coefficient (Wildman–Crippen LogP) is 2.22. The number of nitrogens with zero attached hydrogens (tertiary/aromatic N) is 1. The molecule has 0 atom stereocenters. The minimum Gasteiger partial charge on any atom is -0.478 e. The molecule has 0 saturated heterocycles. The molecule has 0 unspecified atom stereocenters. The lowest BCUT2D eigenvalue weighted by Gasteiger charge is -2.11. The van der Waals surface area contributed by atoms with Crippen molar-refractivity contribution in [3.8, 4) is 0 Å². The van der Waals surface area contributed by atoms with Crippen LogP contribution in [0.2, 0.25) is 0 Å². The van der Waals surface area contributed by atoms with Gasteiger partial charge in [0.05, 0.1) is 5.56 Å². The minimum absolute atomic E-state index is 0.125. The van der Waals surface area contributed by atoms with Crippen LogP contribution in [-0.2, 0) is 17.6 Å². The van der Waals surface area contributed by atoms with Crippen molar-refractivity contribution in [3.05, 3.63) is 16.0 Å². The molecule has 1 aromatic heterocycles. The molecule has 0 fully saturated rings. The zero-order chi connectivity index (χ0) is 14.7. The molecule has 0 spiro atoms. The largest absolute Gasteiger partial charge is 0.478 e. The van der Waals surface area contributed by atoms with E-state index in [9.17, 15) is 14.7 Å². The molecule has 110 valence electrons. The van der Waals surface area contributed by atoms with E-state index in [1.807, 2.05) is 19.0 Å². The standard InChI is InChI=1S/C14H20N2O3S/c1-16(2)8-7-11(17)15-13-12(14(18)19)9-5-3-4-6-10(9)20-13/h3-8H2,1-2H3,(H,15,17)(H,18,19). The summed E-state index contributed by atoms with van der Waals surface area (Å²) < 4.78 is 0. The average molecular weight is 296 g/mol. The molecule has 6 heteroatoms. The number of carbonyl (C=O) groups excluding carboxylic acids is 1. The van der Waals surface area contributed by atoms with E-state index in [4.69, 9.17) is 0 Å². The van der Waals surface area contributed by atoms with Gasteiger partial charge in [0.1, 0.15) is 5.00 Å². The summed E-state index contributed by atoms with van der Waals surface area (Å²) in [5.74, 6) is -1.06. The number of nitrogens with one attached hydrogen (secondary N) is 1. The number of amides is 1. The van der Waals surface area contributed by atoms with Crippen LogP contribution in [0.4, 0.5) is 5.00 Å². The number of hydrogen-bond donors (Lipinski definition) is 2. The molecule has 1 aromatic rings. The molecule has 0 radical (unpaired) electrons. The fourth-order valence-corrected chi connectivity index (χ4v) is 3.69. The van der Waals surface area contributed by atoms with Crippen molar-refractivity contribution in [2.75, 3.05) is 26.0 Å². The van der Waals surface area contributed by atoms with Gasteiger partial charge in [-0.1, -0.05) is 0 Å². The minimum atomic E-state index is -0.938. The Morgan fingerprint density at radius 2 is 2.00 bits per heavy atom. The first-order chi connectivity index (χ1) is 9.49. The number of fused-ring (bicyclic) bond motifs is 1. The number of carboxylic acid groups (broad SMARTS) is 1. The second-order valence-electron chi connectivity index (χ2n) is 5.32. The van der Waals surface area contributed by atoms with Gasteiger partial charge in [-0.15, -0.1) is 11.3 Å². The molecule has 20 heavy (non-hydrogen) atoms. The van der Waals surface area contributed by atoms with Gasteiger partial charge in [-0.25, -0.2) is 4.79 Å². The van der Waals surface area contributed by atoms with Crippen molar-refractivity contribution in [3.63, 3.8) is 0 Å². The number of carboxylic acids is 1. The van der Waals surface area contributed by atoms with Gasteiger partial charge in [-0.05, 0) is 45.3 Å². The van der Waals surface area contributed by atoms with E-state index in [2.05, 4.69) is 5.32 Å². The third-order valence-corrected chi connectivity index (χ3v) is 4.63. The first-order valence-electron chi connectivity index (χ1n) is 6.81. The topological polar surface area (TPSA) is 69.6 Å². The third kappa shape index (κ3) is 3.37. The second-order valence-corrected chi connectivity index (χ2v) is 6.43. The Hall–Kier alpha value is -1.40. The lowest BCUT2D eigenvalue weighted by molar-refractivity contribution is -0.116. The van der Waals surface area contributed by atoms with Crippen LogP contribution in [0.1, 0.15) is 40.1 Å². The fourth-order valence-electron chi connectivity index (χ4n) is 2.39. The zero-order valence-electron chi connectivity index (χ0n) is 11.9. The van der Waals surface area contributed by atoms with Gasteiger partial charge in [0.15, 0.2) is 0 Å². The molecule has 1 aliphatic carbocycles. The van der Waals surface area contributed by atoms with Gasteiger partial charge in [-0.2, -0.15) is 0 Å². The van der Waals surface area contributed by atoms with Gasteiger partial charge in [-0.3, -0.25) is 4.79 Å². The number of aryl methyl sites for hydroxylation is 1. The van der Waals surface area contributed by atoms with Crippen LogP contribution >= 0.6 is 11.3 Å². The van der Waals surface area contributed by atoms with E-state index in [0.717, 1.165) is 36.1 Å². The van der Waals surface area contributed by atoms with Gasteiger partial charge in [0.25, 0.3) is 0 Å². The molecule has 0 aliphatic heterocycles. The summed E-state index contributed by atoms with van der Waals surface area (Å²) in [6, 6.07) is 0. The van der Waals surface area contributed by atoms with Crippen molar-refractivity contribution in [1.29, 1.82) is 0 Å². The van der Waals surface area contributed by atoms with Crippen molar-refractivity contribution in [2.24, 2.45) is 0 Å². The van der Waals surface area contributed by atoms with E-state index < -0.39 is 5.97 Å². The van der Waals surface area contributed by atoms with Crippen molar-refractivity contribution in [1.82, 2.24) is 4.90 Å². The highest BCUT2D eigenvalue weighted by molar-refractivity contribution is 7.17. The Labute approximate surface area is 122 Å². The van der Waals surface area contributed by atoms with E-state index in [-0.39, 0.29) is 5.91 Å². The SMILES string of the molecule is CN(C)CCC(=O)Nc1sc2c(c1C(=O)O)CCCC2. The Kier molecular flexibility index (Phi) is 4.77. The number of aromatic carboxylic acids is 1. The Bertz CT molecular complexity index is 523. The second kappa shape index (κ2) is 6.37. The summed E-state index contributed by atoms with van der Waals surface area (Å²) in [6.07, 6.45) is 4.22. The fraction of sp³-hybridized carbons (Fsp3) is 0.571. The average Bonchev–Trinajstić information content (AvgIpc) is 2.74. The Morgan fingerprint density at radius 1 is 1.30 bits per heavy atom. The Morgan fingerprint density at radius 3 is 2.65 bits per heavy atom. The highest BCUT2D eigenvalue weighted by Gasteiger charge is 2.25. The van der Waals surface area contributed by atoms with Gasteiger partial charge in [0.2, 0.25) is 5.91 Å². The van der Waals surface area contributed by atoms with Crippen LogP contribution in [0.15, 0.2) is 0 Å². The smallest absolute Gasteiger partial charge is 0.339 e. The number of hydrogen-bond acceptors (Lipinski definition) is 4. The number of thiophene rings is 1. The highest BCUT2D eigenvalue weighted by atomic mass is 32.1. The summed E-state index contributed by atoms with van der Waals surface area (Å²) in [7, 11) is 3.81. The van der Waals surface area contributed by atoms with E-state index in [1.165, 1.54) is 11.3 Å². The van der Waals surface area contributed by atoms with Crippen LogP contribution in [-0.4, -0.2) is 42.5 Å². The maximum Gasteiger partial charge on any atom is 0.339 e. The monoisotopic (exact) mass is 296 g/mol. The normalized spacial score (nSPS) is 14.2. The molecule has 0 bridgehead atoms. The molecule has 0 saturated carbocycles. The molecule has 5 nitrogen and oxygen atoms in total. The lowest BCUT2D eigenvalue weighted by atomic mass is 9.95. The van der Waals surface area contributed by atoms with E-state index in [1.54, 1.807) is 0 Å². The summed E-state index contributed by atoms with van der Waals surface area (Å²) in [5, 5.41) is 12.7. The lowest BCUT2D eigenvalue weighted by Crippen LogP contribution is -2.21. The number of rotatable bonds is 5. The van der Waals surface area contributed by atoms with Crippen LogP contribution in [0.5, 0.6) is 0 Å². The van der Waals surface area contributed by atoms with Crippen LogP contribution in [0, 0.1) is 0 Å². The van der Waals surface area contributed by atoms with Gasteiger partial charge in [0, 0.05) is 17.8 Å². The van der Waals surface area contributed by atoms with Crippen LogP contribution < -0.4 is 5.32 Å². The van der Waals surface area contributed by atoms with Crippen LogP contribution in [0.3, 0.4) is 0 Å². The predicted molar refractivity (Wildman–Crippen MR) is 79.7 cm³/mol. The van der Waals surface area contributed by atoms with Crippen molar-refractivity contribution < 1.29 is 14.7 Å². The summed E-state index contributed by atoms with van der Waals surface area (Å²) in [4.78, 5) is 26.4. The molecular formula is C14H20N2O3S. The Balaban J connectivity index is 2.17. The van der Waals surface area contributed by atoms with E-state index in [0.29, 0.717) is 23.5 Å². The highest BCUT2D eigenvalue weighted by Crippen LogP contribution is 2.38. The molecule has 1 aliphatic rings. The molecule has 2 rings (SSSR count). The van der Waals surface area contributed by atoms with Crippen LogP contribution in [0.25, 0.3) is 0 Å². The zero-order valence-corrected chi connectivity index (χ0v) is 12.7. The molecule has 2 N–H and O–H groups in total. The molecule has 1 amide bonds. The quantitative estimate of drug-likeness (QED) is 0.874.